The van der Waals surface area contributed by atoms with Crippen molar-refractivity contribution < 1.29 is 13.3 Å². The molecule has 0 rings (SSSR count). The van der Waals surface area contributed by atoms with E-state index in [0.717, 1.165) is 19.3 Å². The maximum Gasteiger partial charge on any atom is 0.504 e. The van der Waals surface area contributed by atoms with E-state index in [1.807, 2.05) is 6.04 Å². The molecule has 0 aliphatic rings. The Hall–Kier alpha value is 0.0969. The van der Waals surface area contributed by atoms with Crippen molar-refractivity contribution in [2.75, 3.05) is 19.8 Å². The predicted molar refractivity (Wildman–Crippen MR) is 68.8 cm³/mol. The van der Waals surface area contributed by atoms with Gasteiger partial charge in [-0.05, 0) is 25.7 Å². The lowest BCUT2D eigenvalue weighted by Crippen LogP contribution is -2.47. The minimum Gasteiger partial charge on any atom is -0.373 e. The molecule has 0 N–H and O–H groups in total. The van der Waals surface area contributed by atoms with Gasteiger partial charge in [0.25, 0.3) is 0 Å². The molecular formula is C12H26O3Si. The van der Waals surface area contributed by atoms with Gasteiger partial charge in [0.15, 0.2) is 0 Å². The minimum absolute atomic E-state index is 0.684. The summed E-state index contributed by atoms with van der Waals surface area (Å²) < 4.78 is 17.5. The molecule has 0 aromatic carbocycles. The van der Waals surface area contributed by atoms with Crippen LogP contribution in [0.15, 0.2) is 0 Å². The Morgan fingerprint density at radius 3 is 1.50 bits per heavy atom. The second-order valence-corrected chi connectivity index (χ2v) is 6.12. The SMILES string of the molecule is [CH2]C[CH][Si](OCCC)(OCCC)OCCC. The summed E-state index contributed by atoms with van der Waals surface area (Å²) in [7, 11) is -2.55. The van der Waals surface area contributed by atoms with Crippen LogP contribution in [0.1, 0.15) is 46.5 Å². The van der Waals surface area contributed by atoms with E-state index in [9.17, 15) is 0 Å². The van der Waals surface area contributed by atoms with Gasteiger partial charge < -0.3 is 13.3 Å². The summed E-state index contributed by atoms with van der Waals surface area (Å²) in [4.78, 5) is 0. The van der Waals surface area contributed by atoms with Gasteiger partial charge in [-0.15, -0.1) is 0 Å². The molecule has 0 fully saturated rings. The van der Waals surface area contributed by atoms with Crippen LogP contribution in [0.5, 0.6) is 0 Å². The fourth-order valence-electron chi connectivity index (χ4n) is 1.21. The second kappa shape index (κ2) is 10.3. The Bertz CT molecular complexity index is 131. The van der Waals surface area contributed by atoms with Crippen molar-refractivity contribution in [2.24, 2.45) is 0 Å². The Labute approximate surface area is 102 Å². The quantitative estimate of drug-likeness (QED) is 0.524. The van der Waals surface area contributed by atoms with E-state index < -0.39 is 8.80 Å². The van der Waals surface area contributed by atoms with E-state index in [1.165, 1.54) is 0 Å². The van der Waals surface area contributed by atoms with Gasteiger partial charge in [0.2, 0.25) is 0 Å². The summed E-state index contributed by atoms with van der Waals surface area (Å²) in [6, 6.07) is 1.99. The molecule has 0 spiro atoms. The van der Waals surface area contributed by atoms with Crippen molar-refractivity contribution in [1.82, 2.24) is 0 Å². The monoisotopic (exact) mass is 246 g/mol. The van der Waals surface area contributed by atoms with Gasteiger partial charge >= 0.3 is 8.80 Å². The second-order valence-electron chi connectivity index (χ2n) is 3.64. The van der Waals surface area contributed by atoms with Crippen molar-refractivity contribution in [3.8, 4) is 0 Å². The molecular weight excluding hydrogens is 220 g/mol. The van der Waals surface area contributed by atoms with Gasteiger partial charge in [-0.1, -0.05) is 27.7 Å². The molecule has 96 valence electrons. The fourth-order valence-corrected chi connectivity index (χ4v) is 3.63. The van der Waals surface area contributed by atoms with E-state index >= 15 is 0 Å². The topological polar surface area (TPSA) is 27.7 Å². The summed E-state index contributed by atoms with van der Waals surface area (Å²) >= 11 is 0. The van der Waals surface area contributed by atoms with Crippen LogP contribution in [-0.4, -0.2) is 28.6 Å². The third-order valence-electron chi connectivity index (χ3n) is 1.92. The molecule has 0 amide bonds. The highest BCUT2D eigenvalue weighted by Gasteiger charge is 2.40. The average molecular weight is 246 g/mol. The molecule has 4 heteroatoms. The summed E-state index contributed by atoms with van der Waals surface area (Å²) in [6.07, 6.45) is 3.61. The molecule has 0 bridgehead atoms. The molecule has 3 nitrogen and oxygen atoms in total. The largest absolute Gasteiger partial charge is 0.504 e. The zero-order valence-electron chi connectivity index (χ0n) is 11.0. The molecule has 0 aromatic rings. The van der Waals surface area contributed by atoms with Crippen LogP contribution in [0.25, 0.3) is 0 Å². The maximum atomic E-state index is 5.82. The molecule has 0 unspecified atom stereocenters. The Balaban J connectivity index is 4.32. The molecule has 0 saturated carbocycles. The lowest BCUT2D eigenvalue weighted by molar-refractivity contribution is 0.0666. The van der Waals surface area contributed by atoms with Crippen molar-refractivity contribution in [2.45, 2.75) is 46.5 Å². The normalized spacial score (nSPS) is 12.0. The van der Waals surface area contributed by atoms with Crippen molar-refractivity contribution >= 4 is 8.80 Å². The van der Waals surface area contributed by atoms with E-state index in [1.54, 1.807) is 0 Å². The zero-order valence-corrected chi connectivity index (χ0v) is 12.0. The van der Waals surface area contributed by atoms with Gasteiger partial charge in [0.05, 0.1) is 0 Å². The molecule has 2 radical (unpaired) electrons. The molecule has 0 aliphatic heterocycles. The summed E-state index contributed by atoms with van der Waals surface area (Å²) in [5.41, 5.74) is 0. The van der Waals surface area contributed by atoms with E-state index in [-0.39, 0.29) is 0 Å². The van der Waals surface area contributed by atoms with Gasteiger partial charge in [0, 0.05) is 25.9 Å². The van der Waals surface area contributed by atoms with E-state index in [2.05, 4.69) is 27.7 Å². The minimum atomic E-state index is -2.55. The number of rotatable bonds is 11. The summed E-state index contributed by atoms with van der Waals surface area (Å²) in [6.45, 7) is 12.2. The van der Waals surface area contributed by atoms with Crippen LogP contribution in [0, 0.1) is 13.0 Å². The number of hydrogen-bond donors (Lipinski definition) is 0. The molecule has 0 heterocycles. The van der Waals surface area contributed by atoms with Crippen LogP contribution in [0.4, 0.5) is 0 Å². The third-order valence-corrected chi connectivity index (χ3v) is 4.52. The first-order valence-corrected chi connectivity index (χ1v) is 8.10. The molecule has 16 heavy (non-hydrogen) atoms. The van der Waals surface area contributed by atoms with E-state index in [0.29, 0.717) is 26.2 Å². The molecule has 0 aromatic heterocycles. The first-order chi connectivity index (χ1) is 7.74. The summed E-state index contributed by atoms with van der Waals surface area (Å²) in [5.74, 6) is 0. The van der Waals surface area contributed by atoms with Gasteiger partial charge in [-0.3, -0.25) is 0 Å². The highest BCUT2D eigenvalue weighted by atomic mass is 28.4. The standard InChI is InChI=1S/C12H26O3Si/c1-5-9-13-16(12-8-4,14-10-6-2)15-11-7-3/h12H,4-11H2,1-3H3. The first kappa shape index (κ1) is 16.1. The zero-order chi connectivity index (χ0) is 12.3. The van der Waals surface area contributed by atoms with Crippen molar-refractivity contribution in [3.05, 3.63) is 13.0 Å². The number of hydrogen-bond acceptors (Lipinski definition) is 3. The lowest BCUT2D eigenvalue weighted by atomic mass is 10.5. The Kier molecular flexibility index (Phi) is 10.3. The third kappa shape index (κ3) is 6.63. The Morgan fingerprint density at radius 1 is 0.875 bits per heavy atom. The average Bonchev–Trinajstić information content (AvgIpc) is 2.31. The summed E-state index contributed by atoms with van der Waals surface area (Å²) in [5, 5.41) is 0. The molecule has 0 atom stereocenters. The van der Waals surface area contributed by atoms with Crippen LogP contribution in [0.2, 0.25) is 0 Å². The maximum absolute atomic E-state index is 5.82. The smallest absolute Gasteiger partial charge is 0.373 e. The van der Waals surface area contributed by atoms with Crippen molar-refractivity contribution in [3.63, 3.8) is 0 Å². The fraction of sp³-hybridized carbons (Fsp3) is 0.833. The molecule has 0 saturated heterocycles. The highest BCUT2D eigenvalue weighted by Crippen LogP contribution is 2.16. The molecule has 0 aliphatic carbocycles. The van der Waals surface area contributed by atoms with E-state index in [4.69, 9.17) is 13.3 Å². The Morgan fingerprint density at radius 2 is 1.25 bits per heavy atom. The van der Waals surface area contributed by atoms with Gasteiger partial charge in [-0.2, -0.15) is 0 Å². The first-order valence-electron chi connectivity index (χ1n) is 6.30. The highest BCUT2D eigenvalue weighted by molar-refractivity contribution is 6.64. The van der Waals surface area contributed by atoms with Gasteiger partial charge in [0.1, 0.15) is 0 Å². The van der Waals surface area contributed by atoms with Gasteiger partial charge in [-0.25, -0.2) is 0 Å². The van der Waals surface area contributed by atoms with Crippen molar-refractivity contribution in [1.29, 1.82) is 0 Å². The van der Waals surface area contributed by atoms with Crippen LogP contribution >= 0.6 is 0 Å². The van der Waals surface area contributed by atoms with Crippen LogP contribution < -0.4 is 0 Å². The predicted octanol–water partition coefficient (Wildman–Crippen LogP) is 3.17. The van der Waals surface area contributed by atoms with Crippen LogP contribution in [-0.2, 0) is 13.3 Å². The van der Waals surface area contributed by atoms with Crippen LogP contribution in [0.3, 0.4) is 0 Å². The lowest BCUT2D eigenvalue weighted by Gasteiger charge is -2.29.